The van der Waals surface area contributed by atoms with Gasteiger partial charge in [-0.3, -0.25) is 0 Å². The first-order chi connectivity index (χ1) is 8.96. The fraction of sp³-hybridized carbons (Fsp3) is 0.412. The Bertz CT molecular complexity index is 470. The Morgan fingerprint density at radius 2 is 2.11 bits per heavy atom. The minimum Gasteiger partial charge on any atom is -0.496 e. The summed E-state index contributed by atoms with van der Waals surface area (Å²) in [6, 6.07) is 6.11. The largest absolute Gasteiger partial charge is 0.496 e. The summed E-state index contributed by atoms with van der Waals surface area (Å²) in [4.78, 5) is 0. The van der Waals surface area contributed by atoms with E-state index in [4.69, 9.17) is 4.74 Å². The predicted octanol–water partition coefficient (Wildman–Crippen LogP) is 3.98. The lowest BCUT2D eigenvalue weighted by atomic mass is 9.77. The molecule has 0 heterocycles. The second-order valence-electron chi connectivity index (χ2n) is 5.36. The van der Waals surface area contributed by atoms with Gasteiger partial charge in [0, 0.05) is 0 Å². The zero-order chi connectivity index (χ0) is 14.5. The van der Waals surface area contributed by atoms with Gasteiger partial charge in [0.1, 0.15) is 5.75 Å². The number of aliphatic hydroxyl groups is 1. The molecule has 1 rings (SSSR count). The van der Waals surface area contributed by atoms with Crippen molar-refractivity contribution in [2.75, 3.05) is 13.7 Å². The fourth-order valence-corrected chi connectivity index (χ4v) is 2.39. The molecule has 0 atom stereocenters. The summed E-state index contributed by atoms with van der Waals surface area (Å²) in [5, 5.41) is 9.27. The van der Waals surface area contributed by atoms with Crippen molar-refractivity contribution in [2.45, 2.75) is 27.2 Å². The molecule has 0 aliphatic rings. The summed E-state index contributed by atoms with van der Waals surface area (Å²) in [7, 11) is 1.67. The second-order valence-corrected chi connectivity index (χ2v) is 5.36. The average Bonchev–Trinajstić information content (AvgIpc) is 2.35. The van der Waals surface area contributed by atoms with Gasteiger partial charge in [-0.1, -0.05) is 32.1 Å². The molecular formula is C17H24O2. The monoisotopic (exact) mass is 260 g/mol. The molecule has 0 aliphatic carbocycles. The molecule has 0 bridgehead atoms. The first-order valence-electron chi connectivity index (χ1n) is 6.53. The summed E-state index contributed by atoms with van der Waals surface area (Å²) in [5.74, 6) is 0.883. The Morgan fingerprint density at radius 3 is 2.58 bits per heavy atom. The maximum Gasteiger partial charge on any atom is 0.121 e. The third-order valence-electron chi connectivity index (χ3n) is 3.39. The van der Waals surface area contributed by atoms with Crippen LogP contribution in [0.4, 0.5) is 0 Å². The fourth-order valence-electron chi connectivity index (χ4n) is 2.39. The van der Waals surface area contributed by atoms with E-state index in [1.54, 1.807) is 7.11 Å². The molecule has 0 amide bonds. The van der Waals surface area contributed by atoms with E-state index in [2.05, 4.69) is 26.5 Å². The van der Waals surface area contributed by atoms with Crippen molar-refractivity contribution in [1.29, 1.82) is 0 Å². The van der Waals surface area contributed by atoms with Gasteiger partial charge in [-0.15, -0.1) is 6.58 Å². The van der Waals surface area contributed by atoms with E-state index in [9.17, 15) is 5.11 Å². The number of aliphatic hydroxyl groups excluding tert-OH is 1. The molecular weight excluding hydrogens is 236 g/mol. The smallest absolute Gasteiger partial charge is 0.121 e. The topological polar surface area (TPSA) is 29.5 Å². The van der Waals surface area contributed by atoms with E-state index in [-0.39, 0.29) is 12.0 Å². The van der Waals surface area contributed by atoms with Crippen molar-refractivity contribution in [1.82, 2.24) is 0 Å². The van der Waals surface area contributed by atoms with Gasteiger partial charge in [0.25, 0.3) is 0 Å². The van der Waals surface area contributed by atoms with E-state index >= 15 is 0 Å². The van der Waals surface area contributed by atoms with Gasteiger partial charge in [0.15, 0.2) is 0 Å². The SMILES string of the molecule is C=CCC(C)(C)/C(=C\CO)c1ccc(OC)c(C)c1. The van der Waals surface area contributed by atoms with E-state index in [1.165, 1.54) is 0 Å². The summed E-state index contributed by atoms with van der Waals surface area (Å²) in [6.07, 6.45) is 4.66. The molecule has 2 nitrogen and oxygen atoms in total. The predicted molar refractivity (Wildman–Crippen MR) is 81.4 cm³/mol. The zero-order valence-corrected chi connectivity index (χ0v) is 12.4. The van der Waals surface area contributed by atoms with Crippen LogP contribution >= 0.6 is 0 Å². The normalized spacial score (nSPS) is 12.4. The van der Waals surface area contributed by atoms with E-state index < -0.39 is 0 Å². The molecule has 0 unspecified atom stereocenters. The van der Waals surface area contributed by atoms with Crippen LogP contribution in [0.5, 0.6) is 5.75 Å². The molecule has 1 aromatic rings. The van der Waals surface area contributed by atoms with Crippen LogP contribution in [-0.4, -0.2) is 18.8 Å². The van der Waals surface area contributed by atoms with Crippen LogP contribution in [0.1, 0.15) is 31.4 Å². The van der Waals surface area contributed by atoms with Crippen LogP contribution in [0.25, 0.3) is 5.57 Å². The summed E-state index contributed by atoms with van der Waals surface area (Å²) in [5.41, 5.74) is 3.31. The number of hydrogen-bond acceptors (Lipinski definition) is 2. The summed E-state index contributed by atoms with van der Waals surface area (Å²) in [6.45, 7) is 10.2. The van der Waals surface area contributed by atoms with Crippen molar-refractivity contribution < 1.29 is 9.84 Å². The highest BCUT2D eigenvalue weighted by atomic mass is 16.5. The Hall–Kier alpha value is -1.54. The van der Waals surface area contributed by atoms with Crippen molar-refractivity contribution >= 4 is 5.57 Å². The average molecular weight is 260 g/mol. The highest BCUT2D eigenvalue weighted by Crippen LogP contribution is 2.38. The Morgan fingerprint density at radius 1 is 1.42 bits per heavy atom. The number of aryl methyl sites for hydroxylation is 1. The number of rotatable bonds is 6. The minimum atomic E-state index is -0.0501. The Labute approximate surface area is 116 Å². The number of methoxy groups -OCH3 is 1. The number of hydrogen-bond donors (Lipinski definition) is 1. The standard InChI is InChI=1S/C17H24O2/c1-6-10-17(3,4)15(9-11-18)14-7-8-16(19-5)13(2)12-14/h6-9,12,18H,1,10-11H2,2-5H3/b15-9-. The molecule has 0 saturated heterocycles. The molecule has 0 saturated carbocycles. The molecule has 0 radical (unpaired) electrons. The lowest BCUT2D eigenvalue weighted by Gasteiger charge is -2.28. The Kier molecular flexibility index (Phi) is 5.37. The summed E-state index contributed by atoms with van der Waals surface area (Å²) < 4.78 is 5.29. The van der Waals surface area contributed by atoms with Gasteiger partial charge in [0.2, 0.25) is 0 Å². The number of allylic oxidation sites excluding steroid dienone is 2. The lowest BCUT2D eigenvalue weighted by molar-refractivity contribution is 0.341. The highest BCUT2D eigenvalue weighted by Gasteiger charge is 2.23. The van der Waals surface area contributed by atoms with Gasteiger partial charge in [-0.2, -0.15) is 0 Å². The molecule has 104 valence electrons. The van der Waals surface area contributed by atoms with Gasteiger partial charge in [-0.25, -0.2) is 0 Å². The van der Waals surface area contributed by atoms with Gasteiger partial charge >= 0.3 is 0 Å². The molecule has 0 spiro atoms. The van der Waals surface area contributed by atoms with Crippen LogP contribution in [0.15, 0.2) is 36.9 Å². The van der Waals surface area contributed by atoms with Crippen molar-refractivity contribution in [3.8, 4) is 5.75 Å². The molecule has 0 aromatic heterocycles. The maximum atomic E-state index is 9.27. The van der Waals surface area contributed by atoms with E-state index in [1.807, 2.05) is 31.2 Å². The molecule has 1 aromatic carbocycles. The van der Waals surface area contributed by atoms with Crippen LogP contribution in [0.2, 0.25) is 0 Å². The third kappa shape index (κ3) is 3.71. The molecule has 19 heavy (non-hydrogen) atoms. The maximum absolute atomic E-state index is 9.27. The summed E-state index contributed by atoms with van der Waals surface area (Å²) >= 11 is 0. The van der Waals surface area contributed by atoms with Crippen LogP contribution < -0.4 is 4.74 Å². The van der Waals surface area contributed by atoms with Crippen LogP contribution in [0, 0.1) is 12.3 Å². The van der Waals surface area contributed by atoms with Crippen LogP contribution in [-0.2, 0) is 0 Å². The lowest BCUT2D eigenvalue weighted by Crippen LogP contribution is -2.13. The highest BCUT2D eigenvalue weighted by molar-refractivity contribution is 5.71. The van der Waals surface area contributed by atoms with Gasteiger partial charge in [-0.05, 0) is 47.6 Å². The Balaban J connectivity index is 3.24. The second kappa shape index (κ2) is 6.58. The zero-order valence-electron chi connectivity index (χ0n) is 12.4. The van der Waals surface area contributed by atoms with Gasteiger partial charge < -0.3 is 9.84 Å². The first kappa shape index (κ1) is 15.5. The van der Waals surface area contributed by atoms with Crippen molar-refractivity contribution in [2.24, 2.45) is 5.41 Å². The number of ether oxygens (including phenoxy) is 1. The van der Waals surface area contributed by atoms with E-state index in [0.717, 1.165) is 28.9 Å². The van der Waals surface area contributed by atoms with Gasteiger partial charge in [0.05, 0.1) is 13.7 Å². The molecule has 1 N–H and O–H groups in total. The molecule has 2 heteroatoms. The number of benzene rings is 1. The van der Waals surface area contributed by atoms with Crippen molar-refractivity contribution in [3.05, 3.63) is 48.1 Å². The minimum absolute atomic E-state index is 0.0426. The quantitative estimate of drug-likeness (QED) is 0.784. The van der Waals surface area contributed by atoms with E-state index in [0.29, 0.717) is 0 Å². The molecule has 0 aliphatic heterocycles. The van der Waals surface area contributed by atoms with Crippen molar-refractivity contribution in [3.63, 3.8) is 0 Å². The first-order valence-corrected chi connectivity index (χ1v) is 6.53. The van der Waals surface area contributed by atoms with Crippen LogP contribution in [0.3, 0.4) is 0 Å². The third-order valence-corrected chi connectivity index (χ3v) is 3.39. The molecule has 0 fully saturated rings.